The van der Waals surface area contributed by atoms with E-state index in [-0.39, 0.29) is 18.1 Å². The molecule has 2 N–H and O–H groups in total. The van der Waals surface area contributed by atoms with E-state index in [4.69, 9.17) is 5.73 Å². The van der Waals surface area contributed by atoms with Crippen molar-refractivity contribution in [2.45, 2.75) is 0 Å². The highest BCUT2D eigenvalue weighted by atomic mass is 16.5. The molecule has 4 heteroatoms. The normalized spacial score (nSPS) is 18.9. The molecule has 4 nitrogen and oxygen atoms in total. The Morgan fingerprint density at radius 1 is 1.56 bits per heavy atom. The van der Waals surface area contributed by atoms with E-state index in [0.29, 0.717) is 0 Å². The summed E-state index contributed by atoms with van der Waals surface area (Å²) in [5.74, 6) is -0.887. The van der Waals surface area contributed by atoms with Crippen LogP contribution in [0.4, 0.5) is 0 Å². The zero-order chi connectivity index (χ0) is 6.85. The highest BCUT2D eigenvalue weighted by Crippen LogP contribution is 1.97. The fourth-order valence-corrected chi connectivity index (χ4v) is 0.469. The van der Waals surface area contributed by atoms with Crippen LogP contribution in [0.15, 0.2) is 11.8 Å². The molecule has 0 aromatic rings. The number of esters is 1. The van der Waals surface area contributed by atoms with Crippen molar-refractivity contribution < 1.29 is 14.3 Å². The van der Waals surface area contributed by atoms with Gasteiger partial charge in [-0.2, -0.15) is 0 Å². The lowest BCUT2D eigenvalue weighted by Gasteiger charge is -2.06. The van der Waals surface area contributed by atoms with E-state index in [1.807, 2.05) is 0 Å². The number of hydrogen-bond donors (Lipinski definition) is 1. The average Bonchev–Trinajstić information content (AvgIpc) is 1.80. The molecule has 0 aliphatic carbocycles. The van der Waals surface area contributed by atoms with Gasteiger partial charge in [-0.1, -0.05) is 0 Å². The summed E-state index contributed by atoms with van der Waals surface area (Å²) >= 11 is 0. The van der Waals surface area contributed by atoms with E-state index in [1.54, 1.807) is 0 Å². The Bertz CT molecular complexity index is 194. The van der Waals surface area contributed by atoms with Crippen molar-refractivity contribution in [2.75, 3.05) is 6.61 Å². The van der Waals surface area contributed by atoms with E-state index in [0.717, 1.165) is 6.08 Å². The molecule has 1 aliphatic heterocycles. The zero-order valence-electron chi connectivity index (χ0n) is 4.59. The van der Waals surface area contributed by atoms with E-state index in [1.165, 1.54) is 0 Å². The van der Waals surface area contributed by atoms with Crippen LogP contribution in [0.3, 0.4) is 0 Å². The van der Waals surface area contributed by atoms with Gasteiger partial charge < -0.3 is 10.5 Å². The van der Waals surface area contributed by atoms with Crippen LogP contribution in [-0.4, -0.2) is 18.4 Å². The smallest absolute Gasteiger partial charge is 0.333 e. The van der Waals surface area contributed by atoms with Crippen molar-refractivity contribution in [3.8, 4) is 0 Å². The highest BCUT2D eigenvalue weighted by Gasteiger charge is 2.15. The number of Topliss-reactive ketones (excluding diaryl/α,β-unsaturated/α-hetero) is 1. The van der Waals surface area contributed by atoms with Crippen LogP contribution in [0.5, 0.6) is 0 Å². The fourth-order valence-electron chi connectivity index (χ4n) is 0.469. The fraction of sp³-hybridized carbons (Fsp3) is 0.200. The van der Waals surface area contributed by atoms with E-state index in [9.17, 15) is 9.59 Å². The molecule has 0 bridgehead atoms. The van der Waals surface area contributed by atoms with Gasteiger partial charge in [0.15, 0.2) is 6.61 Å². The summed E-state index contributed by atoms with van der Waals surface area (Å²) in [6, 6.07) is 0. The Morgan fingerprint density at radius 3 is 2.67 bits per heavy atom. The number of nitrogens with two attached hydrogens (primary N) is 1. The van der Waals surface area contributed by atoms with E-state index < -0.39 is 5.97 Å². The number of rotatable bonds is 0. The van der Waals surface area contributed by atoms with Crippen LogP contribution >= 0.6 is 0 Å². The Morgan fingerprint density at radius 2 is 2.22 bits per heavy atom. The molecule has 0 radical (unpaired) electrons. The molecule has 0 spiro atoms. The van der Waals surface area contributed by atoms with Crippen LogP contribution in [0.2, 0.25) is 0 Å². The maximum Gasteiger partial charge on any atom is 0.333 e. The molecule has 1 heterocycles. The van der Waals surface area contributed by atoms with Crippen LogP contribution in [0.25, 0.3) is 0 Å². The number of hydrogen-bond acceptors (Lipinski definition) is 4. The third-order valence-corrected chi connectivity index (χ3v) is 0.941. The van der Waals surface area contributed by atoms with Gasteiger partial charge in [-0.05, 0) is 0 Å². The largest absolute Gasteiger partial charge is 0.454 e. The summed E-state index contributed by atoms with van der Waals surface area (Å²) < 4.78 is 4.32. The predicted octanol–water partition coefficient (Wildman–Crippen LogP) is -1.05. The lowest BCUT2D eigenvalue weighted by atomic mass is 10.2. The molecule has 0 amide bonds. The Labute approximate surface area is 51.3 Å². The quantitative estimate of drug-likeness (QED) is 0.422. The molecule has 0 saturated heterocycles. The molecule has 0 aromatic heterocycles. The van der Waals surface area contributed by atoms with Gasteiger partial charge in [-0.25, -0.2) is 4.79 Å². The molecule has 0 saturated carbocycles. The average molecular weight is 127 g/mol. The minimum atomic E-state index is -0.549. The molecule has 1 aliphatic rings. The molecular formula is C5H5NO3. The van der Waals surface area contributed by atoms with Gasteiger partial charge in [0, 0.05) is 0 Å². The van der Waals surface area contributed by atoms with E-state index in [2.05, 4.69) is 4.74 Å². The number of cyclic esters (lactones) is 1. The van der Waals surface area contributed by atoms with Gasteiger partial charge in [-0.3, -0.25) is 4.79 Å². The Balaban J connectivity index is 2.84. The van der Waals surface area contributed by atoms with Crippen LogP contribution < -0.4 is 5.73 Å². The second-order valence-electron chi connectivity index (χ2n) is 1.63. The first-order valence-corrected chi connectivity index (χ1v) is 2.37. The monoisotopic (exact) mass is 127 g/mol. The predicted molar refractivity (Wildman–Crippen MR) is 28.2 cm³/mol. The minimum absolute atomic E-state index is 0.0220. The first-order valence-electron chi connectivity index (χ1n) is 2.37. The van der Waals surface area contributed by atoms with Gasteiger partial charge >= 0.3 is 5.97 Å². The molecule has 0 unspecified atom stereocenters. The Hall–Kier alpha value is -1.32. The summed E-state index contributed by atoms with van der Waals surface area (Å²) in [6.45, 7) is -0.221. The van der Waals surface area contributed by atoms with Crippen LogP contribution in [0, 0.1) is 0 Å². The van der Waals surface area contributed by atoms with Crippen molar-refractivity contribution in [1.29, 1.82) is 0 Å². The molecule has 1 rings (SSSR count). The SMILES string of the molecule is NC1=CC(=O)OCC1=O. The first kappa shape index (κ1) is 5.81. The minimum Gasteiger partial charge on any atom is -0.454 e. The number of carbonyl (C=O) groups is 2. The van der Waals surface area contributed by atoms with E-state index >= 15 is 0 Å². The van der Waals surface area contributed by atoms with Crippen molar-refractivity contribution in [3.63, 3.8) is 0 Å². The summed E-state index contributed by atoms with van der Waals surface area (Å²) in [4.78, 5) is 20.8. The lowest BCUT2D eigenvalue weighted by molar-refractivity contribution is -0.143. The zero-order valence-corrected chi connectivity index (χ0v) is 4.59. The van der Waals surface area contributed by atoms with Crippen LogP contribution in [-0.2, 0) is 14.3 Å². The summed E-state index contributed by atoms with van der Waals surface area (Å²) in [5, 5.41) is 0. The second-order valence-corrected chi connectivity index (χ2v) is 1.63. The van der Waals surface area contributed by atoms with Crippen LogP contribution in [0.1, 0.15) is 0 Å². The lowest BCUT2D eigenvalue weighted by Crippen LogP contribution is -2.25. The summed E-state index contributed by atoms with van der Waals surface area (Å²) in [5.41, 5.74) is 5.06. The van der Waals surface area contributed by atoms with Crippen molar-refractivity contribution in [3.05, 3.63) is 11.8 Å². The standard InChI is InChI=1S/C5H5NO3/c6-3-1-5(8)9-2-4(3)7/h1H,2,6H2. The molecule has 0 aromatic carbocycles. The molecular weight excluding hydrogens is 122 g/mol. The van der Waals surface area contributed by atoms with Gasteiger partial charge in [0.05, 0.1) is 11.8 Å². The van der Waals surface area contributed by atoms with Gasteiger partial charge in [0.25, 0.3) is 0 Å². The van der Waals surface area contributed by atoms with Gasteiger partial charge in [0.1, 0.15) is 0 Å². The molecule has 9 heavy (non-hydrogen) atoms. The molecule has 48 valence electrons. The number of ketones is 1. The summed E-state index contributed by atoms with van der Waals surface area (Å²) in [6.07, 6.45) is 0.978. The topological polar surface area (TPSA) is 69.4 Å². The van der Waals surface area contributed by atoms with Gasteiger partial charge in [-0.15, -0.1) is 0 Å². The van der Waals surface area contributed by atoms with Gasteiger partial charge in [0.2, 0.25) is 5.78 Å². The second kappa shape index (κ2) is 1.89. The van der Waals surface area contributed by atoms with Crippen molar-refractivity contribution in [2.24, 2.45) is 5.73 Å². The molecule has 0 fully saturated rings. The maximum absolute atomic E-state index is 10.5. The van der Waals surface area contributed by atoms with Crippen molar-refractivity contribution in [1.82, 2.24) is 0 Å². The third-order valence-electron chi connectivity index (χ3n) is 0.941. The molecule has 0 atom stereocenters. The van der Waals surface area contributed by atoms with Crippen molar-refractivity contribution >= 4 is 11.8 Å². The third kappa shape index (κ3) is 1.07. The first-order chi connectivity index (χ1) is 4.20. The summed E-state index contributed by atoms with van der Waals surface area (Å²) in [7, 11) is 0. The Kier molecular flexibility index (Phi) is 1.22. The number of ether oxygens (including phenoxy) is 1. The number of carbonyl (C=O) groups excluding carboxylic acids is 2. The highest BCUT2D eigenvalue weighted by molar-refractivity contribution is 6.04. The maximum atomic E-state index is 10.5.